The first-order valence-corrected chi connectivity index (χ1v) is 6.85. The van der Waals surface area contributed by atoms with Gasteiger partial charge in [0.1, 0.15) is 0 Å². The van der Waals surface area contributed by atoms with Gasteiger partial charge in [0.2, 0.25) is 0 Å². The second-order valence-corrected chi connectivity index (χ2v) is 6.29. The lowest BCUT2D eigenvalue weighted by molar-refractivity contribution is 0.410. The van der Waals surface area contributed by atoms with E-state index in [9.17, 15) is 0 Å². The molecule has 1 rings (SSSR count). The minimum absolute atomic E-state index is 0.102. The van der Waals surface area contributed by atoms with Crippen LogP contribution in [0.25, 0.3) is 0 Å². The smallest absolute Gasteiger partial charge is 0.0321 e. The number of hydrogen-bond acceptors (Lipinski definition) is 2. The van der Waals surface area contributed by atoms with Crippen molar-refractivity contribution in [2.45, 2.75) is 45.2 Å². The minimum atomic E-state index is -0.102. The highest BCUT2D eigenvalue weighted by atomic mass is 79.9. The third kappa shape index (κ3) is 4.78. The van der Waals surface area contributed by atoms with Gasteiger partial charge in [-0.15, -0.1) is 0 Å². The maximum absolute atomic E-state index is 6.05. The van der Waals surface area contributed by atoms with Crippen molar-refractivity contribution in [1.82, 2.24) is 5.32 Å². The van der Waals surface area contributed by atoms with Crippen molar-refractivity contribution in [2.75, 3.05) is 7.05 Å². The Morgan fingerprint density at radius 1 is 1.41 bits per heavy atom. The van der Waals surface area contributed by atoms with Gasteiger partial charge < -0.3 is 11.1 Å². The predicted octanol–water partition coefficient (Wildman–Crippen LogP) is 3.54. The van der Waals surface area contributed by atoms with Gasteiger partial charge in [-0.25, -0.2) is 0 Å². The van der Waals surface area contributed by atoms with Crippen molar-refractivity contribution >= 4 is 15.9 Å². The van der Waals surface area contributed by atoms with Gasteiger partial charge in [-0.2, -0.15) is 0 Å². The van der Waals surface area contributed by atoms with Crippen molar-refractivity contribution in [3.05, 3.63) is 33.8 Å². The normalized spacial score (nSPS) is 13.8. The minimum Gasteiger partial charge on any atom is -0.326 e. The summed E-state index contributed by atoms with van der Waals surface area (Å²) in [5.41, 5.74) is 8.62. The molecule has 3 heteroatoms. The molecule has 17 heavy (non-hydrogen) atoms. The highest BCUT2D eigenvalue weighted by Crippen LogP contribution is 2.26. The molecular weight excluding hydrogens is 276 g/mol. The quantitative estimate of drug-likeness (QED) is 0.873. The van der Waals surface area contributed by atoms with Crippen LogP contribution in [0.5, 0.6) is 0 Å². The average molecular weight is 299 g/mol. The maximum atomic E-state index is 6.05. The summed E-state index contributed by atoms with van der Waals surface area (Å²) in [5.74, 6) is 0. The monoisotopic (exact) mass is 298 g/mol. The number of benzene rings is 1. The Balaban J connectivity index is 2.82. The first-order chi connectivity index (χ1) is 7.83. The fourth-order valence-corrected chi connectivity index (χ4v) is 2.34. The van der Waals surface area contributed by atoms with Gasteiger partial charge in [-0.05, 0) is 63.9 Å². The van der Waals surface area contributed by atoms with Crippen molar-refractivity contribution in [3.63, 3.8) is 0 Å². The number of hydrogen-bond donors (Lipinski definition) is 2. The van der Waals surface area contributed by atoms with Crippen LogP contribution in [0.15, 0.2) is 22.7 Å². The van der Waals surface area contributed by atoms with Crippen molar-refractivity contribution in [3.8, 4) is 0 Å². The Kier molecular flexibility index (Phi) is 5.17. The van der Waals surface area contributed by atoms with Gasteiger partial charge in [-0.3, -0.25) is 0 Å². The third-order valence-corrected chi connectivity index (χ3v) is 3.54. The van der Waals surface area contributed by atoms with Crippen LogP contribution in [0.1, 0.15) is 43.9 Å². The molecule has 0 aliphatic carbocycles. The van der Waals surface area contributed by atoms with Gasteiger partial charge in [0.25, 0.3) is 0 Å². The van der Waals surface area contributed by atoms with Crippen LogP contribution in [0.2, 0.25) is 0 Å². The van der Waals surface area contributed by atoms with Crippen molar-refractivity contribution in [1.29, 1.82) is 0 Å². The number of rotatable bonds is 5. The molecule has 1 atom stereocenters. The Bertz CT molecular complexity index is 369. The first kappa shape index (κ1) is 14.7. The number of nitrogens with one attached hydrogen (secondary N) is 1. The molecule has 2 nitrogen and oxygen atoms in total. The highest BCUT2D eigenvalue weighted by Gasteiger charge is 2.17. The van der Waals surface area contributed by atoms with E-state index in [-0.39, 0.29) is 5.54 Å². The van der Waals surface area contributed by atoms with E-state index < -0.39 is 0 Å². The summed E-state index contributed by atoms with van der Waals surface area (Å²) in [6.45, 7) is 6.31. The molecule has 96 valence electrons. The third-order valence-electron chi connectivity index (χ3n) is 3.04. The summed E-state index contributed by atoms with van der Waals surface area (Å²) < 4.78 is 1.13. The number of aryl methyl sites for hydroxylation is 1. The van der Waals surface area contributed by atoms with Crippen LogP contribution in [0.3, 0.4) is 0 Å². The largest absolute Gasteiger partial charge is 0.326 e. The molecule has 0 saturated carbocycles. The molecule has 0 aliphatic rings. The van der Waals surface area contributed by atoms with Crippen LogP contribution < -0.4 is 11.1 Å². The van der Waals surface area contributed by atoms with Crippen LogP contribution in [0.4, 0.5) is 0 Å². The zero-order valence-electron chi connectivity index (χ0n) is 11.2. The van der Waals surface area contributed by atoms with Gasteiger partial charge in [0, 0.05) is 16.1 Å². The molecule has 0 amide bonds. The van der Waals surface area contributed by atoms with E-state index in [1.807, 2.05) is 7.05 Å². The number of nitrogens with two attached hydrogens (primary N) is 1. The Hall–Kier alpha value is -0.380. The van der Waals surface area contributed by atoms with E-state index in [1.165, 1.54) is 11.1 Å². The van der Waals surface area contributed by atoms with E-state index in [0.29, 0.717) is 6.04 Å². The molecule has 0 radical (unpaired) electrons. The summed E-state index contributed by atoms with van der Waals surface area (Å²) in [7, 11) is 2.01. The van der Waals surface area contributed by atoms with E-state index in [0.717, 1.165) is 17.3 Å². The molecule has 0 spiro atoms. The molecule has 1 unspecified atom stereocenters. The topological polar surface area (TPSA) is 38.0 Å². The first-order valence-electron chi connectivity index (χ1n) is 6.05. The number of halogens is 1. The predicted molar refractivity (Wildman–Crippen MR) is 78.2 cm³/mol. The van der Waals surface area contributed by atoms with Crippen LogP contribution in [-0.4, -0.2) is 12.6 Å². The van der Waals surface area contributed by atoms with Crippen LogP contribution >= 0.6 is 15.9 Å². The zero-order valence-corrected chi connectivity index (χ0v) is 12.8. The maximum Gasteiger partial charge on any atom is 0.0321 e. The lowest BCUT2D eigenvalue weighted by Gasteiger charge is -2.24. The van der Waals surface area contributed by atoms with Gasteiger partial charge in [-0.1, -0.05) is 22.0 Å². The standard InChI is InChI=1S/C14H23BrN2/c1-10-5-6-11(15)9-12(10)13(17-4)7-8-14(2,3)16/h5-6,9,13,17H,7-8,16H2,1-4H3. The second-order valence-electron chi connectivity index (χ2n) is 5.37. The molecule has 0 heterocycles. The Morgan fingerprint density at radius 2 is 2.06 bits per heavy atom. The van der Waals surface area contributed by atoms with E-state index in [2.05, 4.69) is 60.2 Å². The SMILES string of the molecule is CNC(CCC(C)(C)N)c1cc(Br)ccc1C. The van der Waals surface area contributed by atoms with Crippen molar-refractivity contribution in [2.24, 2.45) is 5.73 Å². The Morgan fingerprint density at radius 3 is 2.59 bits per heavy atom. The summed E-state index contributed by atoms with van der Waals surface area (Å²) in [4.78, 5) is 0. The Labute approximate surface area is 113 Å². The summed E-state index contributed by atoms with van der Waals surface area (Å²) >= 11 is 3.53. The average Bonchev–Trinajstić information content (AvgIpc) is 2.22. The summed E-state index contributed by atoms with van der Waals surface area (Å²) in [5, 5.41) is 3.38. The van der Waals surface area contributed by atoms with Crippen molar-refractivity contribution < 1.29 is 0 Å². The van der Waals surface area contributed by atoms with Crippen LogP contribution in [0, 0.1) is 6.92 Å². The highest BCUT2D eigenvalue weighted by molar-refractivity contribution is 9.10. The fourth-order valence-electron chi connectivity index (χ4n) is 1.96. The molecular formula is C14H23BrN2. The van der Waals surface area contributed by atoms with E-state index in [1.54, 1.807) is 0 Å². The molecule has 1 aromatic carbocycles. The molecule has 0 saturated heterocycles. The molecule has 0 fully saturated rings. The summed E-state index contributed by atoms with van der Waals surface area (Å²) in [6.07, 6.45) is 2.06. The lowest BCUT2D eigenvalue weighted by atomic mass is 9.92. The molecule has 0 bridgehead atoms. The zero-order chi connectivity index (χ0) is 13.1. The van der Waals surface area contributed by atoms with Crippen LogP contribution in [-0.2, 0) is 0 Å². The molecule has 0 aliphatic heterocycles. The van der Waals surface area contributed by atoms with E-state index in [4.69, 9.17) is 5.73 Å². The second kappa shape index (κ2) is 5.98. The molecule has 0 aromatic heterocycles. The lowest BCUT2D eigenvalue weighted by Crippen LogP contribution is -2.33. The van der Waals surface area contributed by atoms with Gasteiger partial charge in [0.15, 0.2) is 0 Å². The molecule has 3 N–H and O–H groups in total. The van der Waals surface area contributed by atoms with E-state index >= 15 is 0 Å². The fraction of sp³-hybridized carbons (Fsp3) is 0.571. The van der Waals surface area contributed by atoms with Gasteiger partial charge in [0.05, 0.1) is 0 Å². The molecule has 1 aromatic rings. The summed E-state index contributed by atoms with van der Waals surface area (Å²) in [6, 6.07) is 6.80. The van der Waals surface area contributed by atoms with Gasteiger partial charge >= 0.3 is 0 Å².